The number of aromatic nitrogens is 2. The average molecular weight is 492 g/mol. The predicted octanol–water partition coefficient (Wildman–Crippen LogP) is 3.92. The van der Waals surface area contributed by atoms with Crippen LogP contribution in [0.4, 0.5) is 0 Å². The molecule has 0 saturated heterocycles. The molecule has 0 bridgehead atoms. The number of alkyl halides is 1. The molecule has 0 spiro atoms. The van der Waals surface area contributed by atoms with Crippen molar-refractivity contribution in [2.45, 2.75) is 29.9 Å². The Morgan fingerprint density at radius 3 is 2.93 bits per heavy atom. The van der Waals surface area contributed by atoms with E-state index in [1.807, 2.05) is 42.6 Å². The zero-order valence-electron chi connectivity index (χ0n) is 14.8. The van der Waals surface area contributed by atoms with Crippen molar-refractivity contribution >= 4 is 39.8 Å². The number of halogens is 1. The van der Waals surface area contributed by atoms with E-state index in [0.717, 1.165) is 39.8 Å². The van der Waals surface area contributed by atoms with E-state index in [2.05, 4.69) is 37.7 Å². The summed E-state index contributed by atoms with van der Waals surface area (Å²) in [4.78, 5) is 14.9. The SMILES string of the molecule is NC[C@@H](NC(=O)c1cc2c(s1)CCCn1ncc(CI)c1-2)c1ccccc1. The van der Waals surface area contributed by atoms with Gasteiger partial charge in [-0.15, -0.1) is 11.3 Å². The van der Waals surface area contributed by atoms with E-state index in [0.29, 0.717) is 6.54 Å². The summed E-state index contributed by atoms with van der Waals surface area (Å²) in [5.41, 5.74) is 10.5. The van der Waals surface area contributed by atoms with Crippen molar-refractivity contribution in [3.63, 3.8) is 0 Å². The molecule has 7 heteroatoms. The summed E-state index contributed by atoms with van der Waals surface area (Å²) in [5.74, 6) is -0.0607. The molecule has 1 aliphatic heterocycles. The molecule has 1 atom stereocenters. The van der Waals surface area contributed by atoms with Gasteiger partial charge in [0.1, 0.15) is 0 Å². The van der Waals surface area contributed by atoms with Gasteiger partial charge < -0.3 is 11.1 Å². The number of fused-ring (bicyclic) bond motifs is 3. The van der Waals surface area contributed by atoms with E-state index in [1.54, 1.807) is 11.3 Å². The molecule has 1 aliphatic rings. The quantitative estimate of drug-likeness (QED) is 0.419. The topological polar surface area (TPSA) is 72.9 Å². The monoisotopic (exact) mass is 492 g/mol. The number of nitrogens with zero attached hydrogens (tertiary/aromatic N) is 2. The van der Waals surface area contributed by atoms with Gasteiger partial charge in [-0.1, -0.05) is 52.9 Å². The Morgan fingerprint density at radius 2 is 2.19 bits per heavy atom. The van der Waals surface area contributed by atoms with Gasteiger partial charge in [0.25, 0.3) is 5.91 Å². The molecular weight excluding hydrogens is 471 g/mol. The second kappa shape index (κ2) is 8.12. The minimum atomic E-state index is -0.184. The molecule has 27 heavy (non-hydrogen) atoms. The van der Waals surface area contributed by atoms with Crippen molar-refractivity contribution in [3.8, 4) is 11.3 Å². The smallest absolute Gasteiger partial charge is 0.261 e. The van der Waals surface area contributed by atoms with E-state index in [4.69, 9.17) is 5.73 Å². The molecule has 1 aromatic carbocycles. The molecule has 5 nitrogen and oxygen atoms in total. The lowest BCUT2D eigenvalue weighted by Gasteiger charge is -2.16. The number of hydrogen-bond acceptors (Lipinski definition) is 4. The van der Waals surface area contributed by atoms with Crippen molar-refractivity contribution in [2.75, 3.05) is 6.54 Å². The molecule has 3 heterocycles. The van der Waals surface area contributed by atoms with Crippen LogP contribution in [0.15, 0.2) is 42.6 Å². The van der Waals surface area contributed by atoms with Crippen molar-refractivity contribution in [2.24, 2.45) is 5.73 Å². The van der Waals surface area contributed by atoms with Crippen molar-refractivity contribution in [1.29, 1.82) is 0 Å². The van der Waals surface area contributed by atoms with Gasteiger partial charge in [-0.3, -0.25) is 9.48 Å². The lowest BCUT2D eigenvalue weighted by Crippen LogP contribution is -2.32. The fourth-order valence-corrected chi connectivity index (χ4v) is 5.18. The van der Waals surface area contributed by atoms with Crippen LogP contribution in [0.2, 0.25) is 0 Å². The third-order valence-electron chi connectivity index (χ3n) is 4.86. The Kier molecular flexibility index (Phi) is 5.60. The Hall–Kier alpha value is -1.71. The number of aryl methyl sites for hydroxylation is 2. The summed E-state index contributed by atoms with van der Waals surface area (Å²) in [6.45, 7) is 1.30. The third-order valence-corrected chi connectivity index (χ3v) is 6.88. The summed E-state index contributed by atoms with van der Waals surface area (Å²) in [5, 5.41) is 7.63. The summed E-state index contributed by atoms with van der Waals surface area (Å²) in [6, 6.07) is 11.7. The van der Waals surface area contributed by atoms with Crippen LogP contribution in [0.1, 0.15) is 38.1 Å². The lowest BCUT2D eigenvalue weighted by molar-refractivity contribution is 0.0942. The van der Waals surface area contributed by atoms with Gasteiger partial charge in [0.05, 0.1) is 22.8 Å². The molecule has 0 fully saturated rings. The highest BCUT2D eigenvalue weighted by atomic mass is 127. The molecule has 0 unspecified atom stereocenters. The first kappa shape index (κ1) is 18.6. The molecule has 140 valence electrons. The predicted molar refractivity (Wildman–Crippen MR) is 117 cm³/mol. The molecule has 3 N–H and O–H groups in total. The van der Waals surface area contributed by atoms with Crippen LogP contribution < -0.4 is 11.1 Å². The van der Waals surface area contributed by atoms with E-state index >= 15 is 0 Å². The number of benzene rings is 1. The van der Waals surface area contributed by atoms with Crippen LogP contribution in [-0.2, 0) is 17.4 Å². The highest BCUT2D eigenvalue weighted by molar-refractivity contribution is 14.1. The normalized spacial score (nSPS) is 14.1. The Morgan fingerprint density at radius 1 is 1.37 bits per heavy atom. The third kappa shape index (κ3) is 3.68. The van der Waals surface area contributed by atoms with Crippen LogP contribution in [0.3, 0.4) is 0 Å². The van der Waals surface area contributed by atoms with Crippen LogP contribution >= 0.6 is 33.9 Å². The molecule has 0 aliphatic carbocycles. The number of carbonyl (C=O) groups is 1. The molecule has 0 radical (unpaired) electrons. The first-order valence-corrected chi connectivity index (χ1v) is 11.3. The maximum absolute atomic E-state index is 12.9. The molecule has 2 aromatic heterocycles. The number of thiophene rings is 1. The number of hydrogen-bond donors (Lipinski definition) is 2. The number of amides is 1. The largest absolute Gasteiger partial charge is 0.343 e. The molecule has 4 rings (SSSR count). The summed E-state index contributed by atoms with van der Waals surface area (Å²) in [7, 11) is 0. The Bertz CT molecular complexity index is 950. The summed E-state index contributed by atoms with van der Waals surface area (Å²) >= 11 is 3.97. The highest BCUT2D eigenvalue weighted by Gasteiger charge is 2.24. The number of rotatable bonds is 5. The van der Waals surface area contributed by atoms with Gasteiger partial charge in [-0.25, -0.2) is 0 Å². The Labute approximate surface area is 176 Å². The molecule has 0 saturated carbocycles. The van der Waals surface area contributed by atoms with E-state index in [-0.39, 0.29) is 11.9 Å². The van der Waals surface area contributed by atoms with Gasteiger partial charge in [-0.2, -0.15) is 5.10 Å². The first-order valence-electron chi connectivity index (χ1n) is 9.01. The van der Waals surface area contributed by atoms with Gasteiger partial charge in [-0.05, 0) is 24.5 Å². The van der Waals surface area contributed by atoms with Crippen molar-refractivity contribution in [1.82, 2.24) is 15.1 Å². The summed E-state index contributed by atoms with van der Waals surface area (Å²) in [6.07, 6.45) is 3.98. The van der Waals surface area contributed by atoms with Crippen LogP contribution in [0.5, 0.6) is 0 Å². The molecule has 1 amide bonds. The Balaban J connectivity index is 1.63. The van der Waals surface area contributed by atoms with Crippen LogP contribution in [0.25, 0.3) is 11.3 Å². The fourth-order valence-electron chi connectivity index (χ4n) is 3.51. The molecule has 3 aromatic rings. The minimum Gasteiger partial charge on any atom is -0.343 e. The minimum absolute atomic E-state index is 0.0607. The van der Waals surface area contributed by atoms with Crippen LogP contribution in [0, 0.1) is 0 Å². The van der Waals surface area contributed by atoms with Crippen molar-refractivity contribution < 1.29 is 4.79 Å². The molecular formula is C20H21IN4OS. The standard InChI is InChI=1S/C20H21IN4OS/c21-10-14-12-23-25-8-4-7-17-15(19(14)25)9-18(27-17)20(26)24-16(11-22)13-5-2-1-3-6-13/h1-3,5-6,9,12,16H,4,7-8,10-11,22H2,(H,24,26)/t16-/m1/s1. The van der Waals surface area contributed by atoms with Crippen molar-refractivity contribution in [3.05, 3.63) is 63.5 Å². The lowest BCUT2D eigenvalue weighted by atomic mass is 10.1. The average Bonchev–Trinajstić information content (AvgIpc) is 3.26. The van der Waals surface area contributed by atoms with Gasteiger partial charge in [0, 0.05) is 33.5 Å². The zero-order valence-corrected chi connectivity index (χ0v) is 17.8. The number of carbonyl (C=O) groups excluding carboxylic acids is 1. The van der Waals surface area contributed by atoms with Gasteiger partial charge in [0.15, 0.2) is 0 Å². The number of nitrogens with two attached hydrogens (primary N) is 1. The van der Waals surface area contributed by atoms with E-state index in [1.165, 1.54) is 16.1 Å². The second-order valence-corrected chi connectivity index (χ2v) is 8.50. The number of nitrogens with one attached hydrogen (secondary N) is 1. The van der Waals surface area contributed by atoms with Crippen LogP contribution in [-0.4, -0.2) is 22.2 Å². The summed E-state index contributed by atoms with van der Waals surface area (Å²) < 4.78 is 2.99. The maximum Gasteiger partial charge on any atom is 0.261 e. The van der Waals surface area contributed by atoms with E-state index < -0.39 is 0 Å². The van der Waals surface area contributed by atoms with Gasteiger partial charge in [0.2, 0.25) is 0 Å². The first-order chi connectivity index (χ1) is 13.2. The fraction of sp³-hybridized carbons (Fsp3) is 0.300. The van der Waals surface area contributed by atoms with E-state index in [9.17, 15) is 4.79 Å². The van der Waals surface area contributed by atoms with Gasteiger partial charge >= 0.3 is 0 Å². The highest BCUT2D eigenvalue weighted by Crippen LogP contribution is 2.37. The second-order valence-electron chi connectivity index (χ2n) is 6.60. The zero-order chi connectivity index (χ0) is 18.8. The maximum atomic E-state index is 12.9.